The van der Waals surface area contributed by atoms with Gasteiger partial charge in [0.15, 0.2) is 12.4 Å². The number of aliphatic hydroxyl groups excluding tert-OH is 5. The molecule has 6 N–H and O–H groups in total. The Morgan fingerprint density at radius 1 is 0.506 bits per heavy atom. The SMILES string of the molecule is CC/C=C\C/C=C\C/C=C\C/C=C\C/C=C\CCCCCCC(O)C(=O)NC(COC1OC(CO)C(O)C(O)C1OC(=O)CCCCCCCCCCCCCCCCCCCCC)C(O)/C=C/CCCCCCCCCCC. The minimum absolute atomic E-state index is 0.123. The highest BCUT2D eigenvalue weighted by Crippen LogP contribution is 2.26. The minimum atomic E-state index is -1.62. The molecule has 0 bridgehead atoms. The third-order valence-corrected chi connectivity index (χ3v) is 15.1. The van der Waals surface area contributed by atoms with Gasteiger partial charge in [0.1, 0.15) is 24.4 Å². The predicted octanol–water partition coefficient (Wildman–Crippen LogP) is 16.0. The summed E-state index contributed by atoms with van der Waals surface area (Å²) < 4.78 is 17.6. The lowest BCUT2D eigenvalue weighted by Gasteiger charge is -2.41. The molecule has 0 radical (unpaired) electrons. The van der Waals surface area contributed by atoms with Crippen molar-refractivity contribution < 1.29 is 49.3 Å². The van der Waals surface area contributed by atoms with Gasteiger partial charge >= 0.3 is 5.97 Å². The molecule has 11 nitrogen and oxygen atoms in total. The van der Waals surface area contributed by atoms with Gasteiger partial charge in [-0.25, -0.2) is 0 Å². The van der Waals surface area contributed by atoms with Crippen molar-refractivity contribution in [1.82, 2.24) is 5.32 Å². The van der Waals surface area contributed by atoms with E-state index in [9.17, 15) is 35.1 Å². The third kappa shape index (κ3) is 43.5. The standard InChI is InChI=1S/C68H121NO10/c1-4-7-10-13-16-19-22-24-26-28-30-32-33-35-37-40-43-46-49-52-55-61(72)67(76)69-59(60(71)54-51-48-45-42-39-21-18-15-12-9-6-3)58-77-68-66(65(75)64(74)62(57-70)78-68)79-63(73)56-53-50-47-44-41-38-36-34-31-29-27-25-23-20-17-14-11-8-5-2/h7,10,16,19,24,26,30,32,35,37,51,54,59-62,64-66,68,70-72,74-75H,4-6,8-9,11-15,17-18,20-23,25,27-29,31,33-34,36,38-50,52-53,55-58H2,1-3H3,(H,69,76)/b10-7-,19-16-,26-24-,32-30-,37-35-,54-51+. The lowest BCUT2D eigenvalue weighted by atomic mass is 9.99. The fourth-order valence-corrected chi connectivity index (χ4v) is 9.97. The Morgan fingerprint density at radius 3 is 1.37 bits per heavy atom. The van der Waals surface area contributed by atoms with Gasteiger partial charge in [-0.2, -0.15) is 0 Å². The summed E-state index contributed by atoms with van der Waals surface area (Å²) in [5.74, 6) is -1.21. The van der Waals surface area contributed by atoms with E-state index in [1.54, 1.807) is 6.08 Å². The number of ether oxygens (including phenoxy) is 3. The maximum Gasteiger partial charge on any atom is 0.306 e. The Morgan fingerprint density at radius 2 is 0.911 bits per heavy atom. The fourth-order valence-electron chi connectivity index (χ4n) is 9.97. The quantitative estimate of drug-likeness (QED) is 0.0195. The lowest BCUT2D eigenvalue weighted by Crippen LogP contribution is -2.61. The van der Waals surface area contributed by atoms with Crippen LogP contribution in [0.5, 0.6) is 0 Å². The van der Waals surface area contributed by atoms with Crippen LogP contribution in [0.2, 0.25) is 0 Å². The van der Waals surface area contributed by atoms with Crippen LogP contribution in [0.4, 0.5) is 0 Å². The molecule has 1 rings (SSSR count). The first-order chi connectivity index (χ1) is 38.7. The maximum absolute atomic E-state index is 13.4. The van der Waals surface area contributed by atoms with Crippen LogP contribution >= 0.6 is 0 Å². The van der Waals surface area contributed by atoms with Crippen LogP contribution in [-0.2, 0) is 23.8 Å². The zero-order valence-electron chi connectivity index (χ0n) is 50.7. The second-order valence-electron chi connectivity index (χ2n) is 22.5. The van der Waals surface area contributed by atoms with Crippen LogP contribution < -0.4 is 5.32 Å². The highest BCUT2D eigenvalue weighted by molar-refractivity contribution is 5.80. The normalized spacial score (nSPS) is 19.3. The van der Waals surface area contributed by atoms with E-state index in [1.807, 2.05) is 6.08 Å². The van der Waals surface area contributed by atoms with Crippen molar-refractivity contribution >= 4 is 11.9 Å². The van der Waals surface area contributed by atoms with Gasteiger partial charge < -0.3 is 45.1 Å². The lowest BCUT2D eigenvalue weighted by molar-refractivity contribution is -0.305. The molecular formula is C68H121NO10. The van der Waals surface area contributed by atoms with Crippen molar-refractivity contribution in [2.75, 3.05) is 13.2 Å². The first kappa shape index (κ1) is 74.1. The zero-order valence-corrected chi connectivity index (χ0v) is 50.7. The van der Waals surface area contributed by atoms with E-state index in [0.717, 1.165) is 96.3 Å². The number of nitrogens with one attached hydrogen (secondary N) is 1. The Kier molecular flexibility index (Phi) is 52.2. The van der Waals surface area contributed by atoms with E-state index in [2.05, 4.69) is 86.8 Å². The minimum Gasteiger partial charge on any atom is -0.454 e. The first-order valence-corrected chi connectivity index (χ1v) is 32.7. The second kappa shape index (κ2) is 55.6. The van der Waals surface area contributed by atoms with Crippen molar-refractivity contribution in [1.29, 1.82) is 0 Å². The molecule has 8 atom stereocenters. The Hall–Kier alpha value is -2.90. The molecule has 1 aliphatic rings. The smallest absolute Gasteiger partial charge is 0.306 e. The number of hydrogen-bond acceptors (Lipinski definition) is 10. The molecule has 0 aromatic heterocycles. The van der Waals surface area contributed by atoms with Crippen molar-refractivity contribution in [3.05, 3.63) is 72.9 Å². The highest BCUT2D eigenvalue weighted by Gasteiger charge is 2.47. The molecular weight excluding hydrogens is 991 g/mol. The Bertz CT molecular complexity index is 1560. The predicted molar refractivity (Wildman–Crippen MR) is 329 cm³/mol. The Labute approximate surface area is 483 Å². The Balaban J connectivity index is 2.64. The summed E-state index contributed by atoms with van der Waals surface area (Å²) in [6, 6.07) is -1.04. The molecule has 1 aliphatic heterocycles. The van der Waals surface area contributed by atoms with Crippen LogP contribution in [0.15, 0.2) is 72.9 Å². The third-order valence-electron chi connectivity index (χ3n) is 15.1. The number of carbonyl (C=O) groups excluding carboxylic acids is 2. The van der Waals surface area contributed by atoms with Crippen LogP contribution in [0.1, 0.15) is 284 Å². The number of aliphatic hydroxyl groups is 5. The van der Waals surface area contributed by atoms with Crippen molar-refractivity contribution in [3.63, 3.8) is 0 Å². The van der Waals surface area contributed by atoms with Crippen molar-refractivity contribution in [3.8, 4) is 0 Å². The van der Waals surface area contributed by atoms with E-state index >= 15 is 0 Å². The zero-order chi connectivity index (χ0) is 57.5. The van der Waals surface area contributed by atoms with E-state index in [0.29, 0.717) is 12.8 Å². The summed E-state index contributed by atoms with van der Waals surface area (Å²) in [7, 11) is 0. The number of amides is 1. The largest absolute Gasteiger partial charge is 0.454 e. The summed E-state index contributed by atoms with van der Waals surface area (Å²) in [5, 5.41) is 57.0. The maximum atomic E-state index is 13.4. The molecule has 11 heteroatoms. The average molecular weight is 1110 g/mol. The molecule has 0 aliphatic carbocycles. The van der Waals surface area contributed by atoms with Crippen LogP contribution in [0.3, 0.4) is 0 Å². The molecule has 0 aromatic carbocycles. The number of unbranched alkanes of at least 4 members (excludes halogenated alkanes) is 31. The molecule has 0 saturated carbocycles. The first-order valence-electron chi connectivity index (χ1n) is 32.7. The van der Waals surface area contributed by atoms with Crippen molar-refractivity contribution in [2.24, 2.45) is 0 Å². The number of allylic oxidation sites excluding steroid dienone is 11. The number of rotatable bonds is 55. The summed E-state index contributed by atoms with van der Waals surface area (Å²) in [6.07, 6.45) is 60.8. The second-order valence-corrected chi connectivity index (χ2v) is 22.5. The highest BCUT2D eigenvalue weighted by atomic mass is 16.7. The molecule has 0 spiro atoms. The molecule has 0 aromatic rings. The number of hydrogen-bond donors (Lipinski definition) is 6. The van der Waals surface area contributed by atoms with Crippen LogP contribution in [-0.4, -0.2) is 99.6 Å². The van der Waals surface area contributed by atoms with Crippen LogP contribution in [0, 0.1) is 0 Å². The van der Waals surface area contributed by atoms with Gasteiger partial charge in [0.25, 0.3) is 0 Å². The van der Waals surface area contributed by atoms with Gasteiger partial charge in [-0.05, 0) is 70.6 Å². The monoisotopic (exact) mass is 1110 g/mol. The van der Waals surface area contributed by atoms with Crippen molar-refractivity contribution in [2.45, 2.75) is 333 Å². The molecule has 79 heavy (non-hydrogen) atoms. The van der Waals surface area contributed by atoms with E-state index in [4.69, 9.17) is 14.2 Å². The summed E-state index contributed by atoms with van der Waals surface area (Å²) in [6.45, 7) is 5.68. The van der Waals surface area contributed by atoms with E-state index in [1.165, 1.54) is 141 Å². The average Bonchev–Trinajstić information content (AvgIpc) is 3.45. The van der Waals surface area contributed by atoms with Gasteiger partial charge in [0.05, 0.1) is 25.4 Å². The molecule has 1 fully saturated rings. The van der Waals surface area contributed by atoms with E-state index < -0.39 is 67.4 Å². The van der Waals surface area contributed by atoms with Gasteiger partial charge in [0.2, 0.25) is 5.91 Å². The number of carbonyl (C=O) groups is 2. The van der Waals surface area contributed by atoms with E-state index in [-0.39, 0.29) is 19.4 Å². The van der Waals surface area contributed by atoms with Gasteiger partial charge in [-0.3, -0.25) is 9.59 Å². The molecule has 1 saturated heterocycles. The van der Waals surface area contributed by atoms with Gasteiger partial charge in [-0.15, -0.1) is 0 Å². The van der Waals surface area contributed by atoms with Gasteiger partial charge in [0, 0.05) is 6.42 Å². The summed E-state index contributed by atoms with van der Waals surface area (Å²) in [4.78, 5) is 26.6. The summed E-state index contributed by atoms with van der Waals surface area (Å²) in [5.41, 5.74) is 0. The summed E-state index contributed by atoms with van der Waals surface area (Å²) >= 11 is 0. The number of esters is 1. The van der Waals surface area contributed by atoms with Gasteiger partial charge in [-0.1, -0.05) is 280 Å². The fraction of sp³-hybridized carbons (Fsp3) is 0.794. The molecule has 458 valence electrons. The molecule has 1 amide bonds. The van der Waals surface area contributed by atoms with Crippen LogP contribution in [0.25, 0.3) is 0 Å². The molecule has 8 unspecified atom stereocenters. The topological polar surface area (TPSA) is 175 Å². The molecule has 1 heterocycles.